The molecule has 24 heavy (non-hydrogen) atoms. The number of rotatable bonds is 4. The molecule has 3 aromatic rings. The second kappa shape index (κ2) is 6.58. The van der Waals surface area contributed by atoms with Crippen LogP contribution in [0, 0.1) is 0 Å². The topological polar surface area (TPSA) is 48.5 Å². The summed E-state index contributed by atoms with van der Waals surface area (Å²) in [5, 5.41) is 4.49. The van der Waals surface area contributed by atoms with Crippen LogP contribution < -0.4 is 15.1 Å². The van der Waals surface area contributed by atoms with E-state index in [-0.39, 0.29) is 5.91 Å². The molecule has 0 bridgehead atoms. The summed E-state index contributed by atoms with van der Waals surface area (Å²) in [5.41, 5.74) is 1.48. The van der Waals surface area contributed by atoms with Gasteiger partial charge in [0.15, 0.2) is 5.13 Å². The lowest BCUT2D eigenvalue weighted by atomic mass is 10.2. The number of benzene rings is 1. The molecule has 0 radical (unpaired) electrons. The van der Waals surface area contributed by atoms with Gasteiger partial charge in [0.1, 0.15) is 4.83 Å². The van der Waals surface area contributed by atoms with E-state index in [2.05, 4.69) is 10.3 Å². The first-order valence-electron chi connectivity index (χ1n) is 7.21. The number of carbonyl (C=O) groups is 1. The van der Waals surface area contributed by atoms with Crippen LogP contribution in [0.5, 0.6) is 0 Å². The van der Waals surface area contributed by atoms with Gasteiger partial charge in [-0.3, -0.25) is 4.79 Å². The Morgan fingerprint density at radius 2 is 1.92 bits per heavy atom. The Bertz CT molecular complexity index is 869. The van der Waals surface area contributed by atoms with E-state index in [4.69, 9.17) is 11.6 Å². The number of carbonyl (C=O) groups excluding carboxylic acids is 1. The molecule has 0 aliphatic rings. The molecule has 0 atom stereocenters. The molecule has 1 amide bonds. The number of nitrogens with zero attached hydrogens (tertiary/aromatic N) is 3. The highest BCUT2D eigenvalue weighted by molar-refractivity contribution is 7.29. The van der Waals surface area contributed by atoms with Gasteiger partial charge in [-0.05, 0) is 18.2 Å². The molecule has 8 heteroatoms. The molecular weight excluding hydrogens is 364 g/mol. The number of amides is 1. The summed E-state index contributed by atoms with van der Waals surface area (Å²) in [6.45, 7) is 0. The van der Waals surface area contributed by atoms with E-state index in [0.29, 0.717) is 15.6 Å². The summed E-state index contributed by atoms with van der Waals surface area (Å²) >= 11 is 9.22. The van der Waals surface area contributed by atoms with Crippen LogP contribution in [0.4, 0.5) is 16.5 Å². The predicted molar refractivity (Wildman–Crippen MR) is 106 cm³/mol. The van der Waals surface area contributed by atoms with Gasteiger partial charge < -0.3 is 15.1 Å². The highest BCUT2D eigenvalue weighted by atomic mass is 35.5. The highest BCUT2D eigenvalue weighted by Gasteiger charge is 2.17. The average molecular weight is 381 g/mol. The maximum absolute atomic E-state index is 12.6. The molecule has 3 rings (SSSR count). The fraction of sp³-hybridized carbons (Fsp3) is 0.250. The minimum absolute atomic E-state index is 0.151. The first-order valence-corrected chi connectivity index (χ1v) is 9.23. The van der Waals surface area contributed by atoms with Crippen LogP contribution in [0.2, 0.25) is 5.02 Å². The standard InChI is InChI=1S/C16H17ClN4OS2/c1-20(2)13-9(17)6-5-7-10(13)18-14(22)11-8-12-15(23-11)19-16(24-12)21(3)4/h5-8H,1-4H3,(H,18,22). The van der Waals surface area contributed by atoms with Crippen molar-refractivity contribution in [2.45, 2.75) is 0 Å². The van der Waals surface area contributed by atoms with Crippen LogP contribution in [-0.2, 0) is 0 Å². The predicted octanol–water partition coefficient (Wildman–Crippen LogP) is 4.40. The summed E-state index contributed by atoms with van der Waals surface area (Å²) in [4.78, 5) is 22.5. The van der Waals surface area contributed by atoms with E-state index in [0.717, 1.165) is 20.3 Å². The Hall–Kier alpha value is -1.83. The van der Waals surface area contributed by atoms with Crippen molar-refractivity contribution in [3.63, 3.8) is 0 Å². The fourth-order valence-electron chi connectivity index (χ4n) is 2.28. The van der Waals surface area contributed by atoms with Crippen molar-refractivity contribution in [1.29, 1.82) is 0 Å². The zero-order chi connectivity index (χ0) is 17.4. The monoisotopic (exact) mass is 380 g/mol. The van der Waals surface area contributed by atoms with Gasteiger partial charge in [-0.1, -0.05) is 29.0 Å². The molecule has 0 saturated carbocycles. The Labute approximate surface area is 153 Å². The normalized spacial score (nSPS) is 10.9. The minimum Gasteiger partial charge on any atom is -0.375 e. The number of para-hydroxylation sites is 1. The maximum Gasteiger partial charge on any atom is 0.265 e. The van der Waals surface area contributed by atoms with Gasteiger partial charge in [0, 0.05) is 28.2 Å². The lowest BCUT2D eigenvalue weighted by molar-refractivity contribution is 0.103. The van der Waals surface area contributed by atoms with Gasteiger partial charge in [-0.2, -0.15) is 0 Å². The van der Waals surface area contributed by atoms with Gasteiger partial charge in [-0.25, -0.2) is 4.98 Å². The summed E-state index contributed by atoms with van der Waals surface area (Å²) in [6.07, 6.45) is 0. The van der Waals surface area contributed by atoms with E-state index in [1.54, 1.807) is 17.4 Å². The zero-order valence-electron chi connectivity index (χ0n) is 13.8. The van der Waals surface area contributed by atoms with Crippen molar-refractivity contribution in [1.82, 2.24) is 4.98 Å². The van der Waals surface area contributed by atoms with E-state index >= 15 is 0 Å². The smallest absolute Gasteiger partial charge is 0.265 e. The molecule has 0 unspecified atom stereocenters. The Morgan fingerprint density at radius 1 is 1.17 bits per heavy atom. The number of thiazole rings is 1. The fourth-order valence-corrected chi connectivity index (χ4v) is 4.65. The quantitative estimate of drug-likeness (QED) is 0.729. The zero-order valence-corrected chi connectivity index (χ0v) is 16.1. The van der Waals surface area contributed by atoms with E-state index < -0.39 is 0 Å². The molecule has 0 aliphatic heterocycles. The van der Waals surface area contributed by atoms with Crippen LogP contribution in [0.3, 0.4) is 0 Å². The van der Waals surface area contributed by atoms with Gasteiger partial charge in [0.2, 0.25) is 0 Å². The summed E-state index contributed by atoms with van der Waals surface area (Å²) in [5.74, 6) is -0.151. The van der Waals surface area contributed by atoms with Gasteiger partial charge in [0.25, 0.3) is 5.91 Å². The lowest BCUT2D eigenvalue weighted by Crippen LogP contribution is -2.16. The Balaban J connectivity index is 1.88. The second-order valence-electron chi connectivity index (χ2n) is 5.66. The molecule has 0 spiro atoms. The van der Waals surface area contributed by atoms with E-state index in [1.807, 2.05) is 56.2 Å². The lowest BCUT2D eigenvalue weighted by Gasteiger charge is -2.19. The third kappa shape index (κ3) is 3.19. The Morgan fingerprint density at radius 3 is 2.54 bits per heavy atom. The molecule has 0 saturated heterocycles. The van der Waals surface area contributed by atoms with Crippen LogP contribution in [0.15, 0.2) is 24.3 Å². The molecule has 2 heterocycles. The van der Waals surface area contributed by atoms with Crippen LogP contribution >= 0.6 is 34.3 Å². The molecular formula is C16H17ClN4OS2. The number of aromatic nitrogens is 1. The summed E-state index contributed by atoms with van der Waals surface area (Å²) in [7, 11) is 7.70. The number of nitrogens with one attached hydrogen (secondary N) is 1. The number of halogens is 1. The summed E-state index contributed by atoms with van der Waals surface area (Å²) < 4.78 is 1.02. The number of fused-ring (bicyclic) bond motifs is 1. The molecule has 1 N–H and O–H groups in total. The largest absolute Gasteiger partial charge is 0.375 e. The number of hydrogen-bond acceptors (Lipinski definition) is 6. The van der Waals surface area contributed by atoms with Crippen molar-refractivity contribution >= 4 is 66.2 Å². The molecule has 0 fully saturated rings. The molecule has 126 valence electrons. The average Bonchev–Trinajstić information content (AvgIpc) is 3.05. The van der Waals surface area contributed by atoms with E-state index in [1.165, 1.54) is 11.3 Å². The number of anilines is 3. The molecule has 1 aromatic carbocycles. The van der Waals surface area contributed by atoms with Crippen molar-refractivity contribution in [2.24, 2.45) is 0 Å². The Kier molecular flexibility index (Phi) is 4.67. The SMILES string of the molecule is CN(C)c1nc2sc(C(=O)Nc3cccc(Cl)c3N(C)C)cc2s1. The van der Waals surface area contributed by atoms with Gasteiger partial charge >= 0.3 is 0 Å². The van der Waals surface area contributed by atoms with Crippen LogP contribution in [0.1, 0.15) is 9.67 Å². The van der Waals surface area contributed by atoms with E-state index in [9.17, 15) is 4.79 Å². The highest BCUT2D eigenvalue weighted by Crippen LogP contribution is 2.36. The van der Waals surface area contributed by atoms with Crippen molar-refractivity contribution in [3.05, 3.63) is 34.2 Å². The van der Waals surface area contributed by atoms with Crippen molar-refractivity contribution < 1.29 is 4.79 Å². The van der Waals surface area contributed by atoms with Crippen LogP contribution in [-0.4, -0.2) is 39.1 Å². The number of hydrogen-bond donors (Lipinski definition) is 1. The molecule has 5 nitrogen and oxygen atoms in total. The first kappa shape index (κ1) is 17.0. The molecule has 2 aromatic heterocycles. The first-order chi connectivity index (χ1) is 11.4. The van der Waals surface area contributed by atoms with Gasteiger partial charge in [-0.15, -0.1) is 11.3 Å². The second-order valence-corrected chi connectivity index (χ2v) is 8.10. The summed E-state index contributed by atoms with van der Waals surface area (Å²) in [6, 6.07) is 7.36. The third-order valence-corrected chi connectivity index (χ3v) is 6.00. The van der Waals surface area contributed by atoms with Crippen molar-refractivity contribution in [2.75, 3.05) is 43.3 Å². The molecule has 0 aliphatic carbocycles. The van der Waals surface area contributed by atoms with Gasteiger partial charge in [0.05, 0.1) is 26.0 Å². The van der Waals surface area contributed by atoms with Crippen molar-refractivity contribution in [3.8, 4) is 0 Å². The van der Waals surface area contributed by atoms with Crippen LogP contribution in [0.25, 0.3) is 9.53 Å². The minimum atomic E-state index is -0.151. The maximum atomic E-state index is 12.6. The third-order valence-electron chi connectivity index (χ3n) is 3.37. The number of thiophene rings is 1.